The molecule has 0 saturated carbocycles. The average Bonchev–Trinajstić information content (AvgIpc) is 2.56. The van der Waals surface area contributed by atoms with Crippen LogP contribution in [0, 0.1) is 19.7 Å². The van der Waals surface area contributed by atoms with Crippen molar-refractivity contribution < 1.29 is 14.3 Å². The van der Waals surface area contributed by atoms with Crippen LogP contribution in [0.4, 0.5) is 4.39 Å². The molecule has 1 amide bonds. The van der Waals surface area contributed by atoms with E-state index in [0.717, 1.165) is 5.56 Å². The van der Waals surface area contributed by atoms with Crippen LogP contribution in [0.25, 0.3) is 0 Å². The highest BCUT2D eigenvalue weighted by Gasteiger charge is 2.15. The summed E-state index contributed by atoms with van der Waals surface area (Å²) in [6.45, 7) is 3.79. The molecule has 2 aromatic rings. The third kappa shape index (κ3) is 4.39. The maximum absolute atomic E-state index is 13.7. The minimum Gasteiger partial charge on any atom is -0.396 e. The fourth-order valence-corrected chi connectivity index (χ4v) is 2.66. The molecular weight excluding hydrogens is 293 g/mol. The van der Waals surface area contributed by atoms with Crippen molar-refractivity contribution in [3.05, 3.63) is 70.5 Å². The van der Waals surface area contributed by atoms with Crippen LogP contribution in [0.15, 0.2) is 42.5 Å². The first kappa shape index (κ1) is 17.2. The molecule has 1 unspecified atom stereocenters. The van der Waals surface area contributed by atoms with Gasteiger partial charge in [0.05, 0.1) is 0 Å². The first-order valence-electron chi connectivity index (χ1n) is 7.73. The fourth-order valence-electron chi connectivity index (χ4n) is 2.66. The number of aliphatic hydroxyl groups is 1. The Morgan fingerprint density at radius 2 is 1.78 bits per heavy atom. The van der Waals surface area contributed by atoms with Crippen molar-refractivity contribution in [2.24, 2.45) is 0 Å². The van der Waals surface area contributed by atoms with Crippen molar-refractivity contribution in [1.29, 1.82) is 0 Å². The number of rotatable bonds is 6. The van der Waals surface area contributed by atoms with E-state index >= 15 is 0 Å². The second-order valence-corrected chi connectivity index (χ2v) is 5.75. The number of amides is 1. The van der Waals surface area contributed by atoms with E-state index in [2.05, 4.69) is 5.32 Å². The van der Waals surface area contributed by atoms with Gasteiger partial charge in [0, 0.05) is 24.6 Å². The Bertz CT molecular complexity index is 647. The minimum absolute atomic E-state index is 0.0489. The second kappa shape index (κ2) is 7.88. The first-order chi connectivity index (χ1) is 11.0. The van der Waals surface area contributed by atoms with Crippen molar-refractivity contribution in [2.45, 2.75) is 26.2 Å². The quantitative estimate of drug-likeness (QED) is 0.859. The molecule has 4 heteroatoms. The Morgan fingerprint density at radius 3 is 2.35 bits per heavy atom. The van der Waals surface area contributed by atoms with Gasteiger partial charge in [0.25, 0.3) is 5.91 Å². The monoisotopic (exact) mass is 315 g/mol. The van der Waals surface area contributed by atoms with Gasteiger partial charge < -0.3 is 10.4 Å². The van der Waals surface area contributed by atoms with Crippen LogP contribution in [0.2, 0.25) is 0 Å². The number of aryl methyl sites for hydroxylation is 2. The highest BCUT2D eigenvalue weighted by atomic mass is 19.1. The summed E-state index contributed by atoms with van der Waals surface area (Å²) < 4.78 is 13.7. The van der Waals surface area contributed by atoms with E-state index in [-0.39, 0.29) is 24.2 Å². The zero-order chi connectivity index (χ0) is 16.8. The van der Waals surface area contributed by atoms with Crippen LogP contribution in [-0.4, -0.2) is 24.2 Å². The molecule has 0 aliphatic rings. The predicted molar refractivity (Wildman–Crippen MR) is 89.1 cm³/mol. The molecule has 3 nitrogen and oxygen atoms in total. The van der Waals surface area contributed by atoms with E-state index in [0.29, 0.717) is 29.7 Å². The molecule has 0 heterocycles. The van der Waals surface area contributed by atoms with Crippen molar-refractivity contribution in [3.63, 3.8) is 0 Å². The Morgan fingerprint density at radius 1 is 1.17 bits per heavy atom. The van der Waals surface area contributed by atoms with E-state index in [9.17, 15) is 14.3 Å². The molecule has 0 fully saturated rings. The number of benzene rings is 2. The Hall–Kier alpha value is -2.20. The van der Waals surface area contributed by atoms with Crippen molar-refractivity contribution in [2.75, 3.05) is 13.2 Å². The van der Waals surface area contributed by atoms with Crippen LogP contribution in [-0.2, 0) is 0 Å². The summed E-state index contributed by atoms with van der Waals surface area (Å²) in [6.07, 6.45) is 0.575. The molecule has 1 atom stereocenters. The van der Waals surface area contributed by atoms with Gasteiger partial charge in [0.15, 0.2) is 0 Å². The van der Waals surface area contributed by atoms with Gasteiger partial charge in [0.1, 0.15) is 5.82 Å². The normalized spacial score (nSPS) is 12.0. The average molecular weight is 315 g/mol. The molecule has 0 aliphatic carbocycles. The number of aliphatic hydroxyl groups excluding tert-OH is 1. The third-order valence-corrected chi connectivity index (χ3v) is 3.96. The number of nitrogens with one attached hydrogen (secondary N) is 1. The molecule has 0 saturated heterocycles. The van der Waals surface area contributed by atoms with Crippen LogP contribution >= 0.6 is 0 Å². The van der Waals surface area contributed by atoms with Gasteiger partial charge in [0.2, 0.25) is 0 Å². The van der Waals surface area contributed by atoms with E-state index < -0.39 is 0 Å². The van der Waals surface area contributed by atoms with E-state index in [1.54, 1.807) is 26.0 Å². The number of hydrogen-bond acceptors (Lipinski definition) is 2. The summed E-state index contributed by atoms with van der Waals surface area (Å²) in [5.74, 6) is -0.452. The first-order valence-corrected chi connectivity index (χ1v) is 7.73. The standard InChI is InChI=1S/C19H22FNO2/c1-13-10-17(11-14(2)18(13)20)19(23)21-12-16(8-9-22)15-6-4-3-5-7-15/h3-7,10-11,16,22H,8-9,12H2,1-2H3,(H,21,23). The van der Waals surface area contributed by atoms with Crippen LogP contribution in [0.3, 0.4) is 0 Å². The van der Waals surface area contributed by atoms with Gasteiger partial charge in [-0.1, -0.05) is 30.3 Å². The van der Waals surface area contributed by atoms with E-state index in [4.69, 9.17) is 0 Å². The summed E-state index contributed by atoms with van der Waals surface area (Å²) in [7, 11) is 0. The lowest BCUT2D eigenvalue weighted by Crippen LogP contribution is -2.29. The molecule has 2 rings (SSSR count). The van der Waals surface area contributed by atoms with E-state index in [1.807, 2.05) is 30.3 Å². The molecule has 0 spiro atoms. The highest BCUT2D eigenvalue weighted by molar-refractivity contribution is 5.94. The Labute approximate surface area is 136 Å². The molecule has 0 aliphatic heterocycles. The minimum atomic E-state index is -0.274. The molecule has 2 aromatic carbocycles. The summed E-state index contributed by atoms with van der Waals surface area (Å²) >= 11 is 0. The molecule has 0 aromatic heterocycles. The highest BCUT2D eigenvalue weighted by Crippen LogP contribution is 2.19. The number of carbonyl (C=O) groups excluding carboxylic acids is 1. The SMILES string of the molecule is Cc1cc(C(=O)NCC(CCO)c2ccccc2)cc(C)c1F. The van der Waals surface area contributed by atoms with Gasteiger partial charge in [-0.25, -0.2) is 4.39 Å². The number of carbonyl (C=O) groups is 1. The number of halogens is 1. The second-order valence-electron chi connectivity index (χ2n) is 5.75. The summed E-state index contributed by atoms with van der Waals surface area (Å²) in [5, 5.41) is 12.1. The molecule has 2 N–H and O–H groups in total. The maximum Gasteiger partial charge on any atom is 0.251 e. The van der Waals surface area contributed by atoms with Crippen LogP contribution in [0.1, 0.15) is 39.4 Å². The molecule has 0 bridgehead atoms. The zero-order valence-electron chi connectivity index (χ0n) is 13.5. The van der Waals surface area contributed by atoms with Crippen LogP contribution < -0.4 is 5.32 Å². The lowest BCUT2D eigenvalue weighted by atomic mass is 9.96. The number of hydrogen-bond donors (Lipinski definition) is 2. The van der Waals surface area contributed by atoms with Gasteiger partial charge in [-0.3, -0.25) is 4.79 Å². The van der Waals surface area contributed by atoms with Gasteiger partial charge in [-0.15, -0.1) is 0 Å². The van der Waals surface area contributed by atoms with Gasteiger partial charge in [-0.2, -0.15) is 0 Å². The smallest absolute Gasteiger partial charge is 0.251 e. The topological polar surface area (TPSA) is 49.3 Å². The Balaban J connectivity index is 2.07. The zero-order valence-corrected chi connectivity index (χ0v) is 13.5. The summed E-state index contributed by atoms with van der Waals surface area (Å²) in [5.41, 5.74) is 2.46. The summed E-state index contributed by atoms with van der Waals surface area (Å²) in [6, 6.07) is 12.9. The van der Waals surface area contributed by atoms with Gasteiger partial charge >= 0.3 is 0 Å². The van der Waals surface area contributed by atoms with Crippen molar-refractivity contribution in [3.8, 4) is 0 Å². The Kier molecular flexibility index (Phi) is 5.88. The van der Waals surface area contributed by atoms with Gasteiger partial charge in [-0.05, 0) is 49.1 Å². The molecule has 0 radical (unpaired) electrons. The van der Waals surface area contributed by atoms with Crippen molar-refractivity contribution in [1.82, 2.24) is 5.32 Å². The largest absolute Gasteiger partial charge is 0.396 e. The fraction of sp³-hybridized carbons (Fsp3) is 0.316. The van der Waals surface area contributed by atoms with E-state index in [1.165, 1.54) is 0 Å². The van der Waals surface area contributed by atoms with Crippen LogP contribution in [0.5, 0.6) is 0 Å². The van der Waals surface area contributed by atoms with Crippen molar-refractivity contribution >= 4 is 5.91 Å². The molecule has 122 valence electrons. The molecule has 23 heavy (non-hydrogen) atoms. The lowest BCUT2D eigenvalue weighted by molar-refractivity contribution is 0.0949. The maximum atomic E-state index is 13.7. The summed E-state index contributed by atoms with van der Waals surface area (Å²) in [4.78, 5) is 12.3. The molecular formula is C19H22FNO2. The lowest BCUT2D eigenvalue weighted by Gasteiger charge is -2.17. The predicted octanol–water partition coefficient (Wildman–Crippen LogP) is 3.34. The third-order valence-electron chi connectivity index (χ3n) is 3.96.